The number of aromatic nitrogens is 4. The molecule has 0 unspecified atom stereocenters. The Labute approximate surface area is 202 Å². The number of amides is 2. The Bertz CT molecular complexity index is 1160. The van der Waals surface area contributed by atoms with Gasteiger partial charge >= 0.3 is 6.09 Å². The topological polar surface area (TPSA) is 107 Å². The molecular weight excluding hydrogens is 454 g/mol. The predicted molar refractivity (Wildman–Crippen MR) is 132 cm³/mol. The van der Waals surface area contributed by atoms with Crippen LogP contribution in [0.4, 0.5) is 10.6 Å². The van der Waals surface area contributed by atoms with E-state index >= 15 is 0 Å². The van der Waals surface area contributed by atoms with E-state index in [4.69, 9.17) is 4.98 Å². The second-order valence-corrected chi connectivity index (χ2v) is 9.54. The van der Waals surface area contributed by atoms with Crippen molar-refractivity contribution in [2.75, 3.05) is 32.1 Å². The third kappa shape index (κ3) is 4.56. The molecule has 3 aromatic heterocycles. The van der Waals surface area contributed by atoms with Crippen LogP contribution in [0.25, 0.3) is 16.2 Å². The van der Waals surface area contributed by atoms with Crippen molar-refractivity contribution in [3.8, 4) is 11.4 Å². The van der Waals surface area contributed by atoms with Crippen molar-refractivity contribution in [2.45, 2.75) is 51.6 Å². The van der Waals surface area contributed by atoms with Crippen molar-refractivity contribution < 1.29 is 14.7 Å². The zero-order valence-electron chi connectivity index (χ0n) is 20.0. The van der Waals surface area contributed by atoms with E-state index in [0.717, 1.165) is 23.2 Å². The summed E-state index contributed by atoms with van der Waals surface area (Å²) < 4.78 is 1.78. The van der Waals surface area contributed by atoms with Crippen LogP contribution >= 0.6 is 11.3 Å². The van der Waals surface area contributed by atoms with E-state index in [1.807, 2.05) is 18.6 Å². The highest BCUT2D eigenvalue weighted by Gasteiger charge is 2.29. The van der Waals surface area contributed by atoms with Gasteiger partial charge in [0.05, 0.1) is 11.8 Å². The molecule has 10 nitrogen and oxygen atoms in total. The number of carboxylic acid groups (broad SMARTS) is 1. The monoisotopic (exact) mass is 485 g/mol. The minimum absolute atomic E-state index is 0.0846. The van der Waals surface area contributed by atoms with Gasteiger partial charge in [0.25, 0.3) is 5.91 Å². The number of hydrogen-bond donors (Lipinski definition) is 1. The molecule has 11 heteroatoms. The minimum atomic E-state index is -0.944. The number of fused-ring (bicyclic) bond motifs is 1. The fourth-order valence-corrected chi connectivity index (χ4v) is 5.32. The number of piperidine rings is 1. The molecule has 34 heavy (non-hydrogen) atoms. The summed E-state index contributed by atoms with van der Waals surface area (Å²) in [4.78, 5) is 40.4. The summed E-state index contributed by atoms with van der Waals surface area (Å²) in [5, 5.41) is 15.6. The van der Waals surface area contributed by atoms with Crippen molar-refractivity contribution in [2.24, 2.45) is 0 Å². The Balaban J connectivity index is 1.66. The Morgan fingerprint density at radius 3 is 2.56 bits per heavy atom. The van der Waals surface area contributed by atoms with Gasteiger partial charge in [-0.05, 0) is 25.7 Å². The molecule has 0 radical (unpaired) electrons. The molecular formula is C23H31N7O3S. The smallest absolute Gasteiger partial charge is 0.407 e. The molecule has 1 fully saturated rings. The minimum Gasteiger partial charge on any atom is -0.465 e. The lowest BCUT2D eigenvalue weighted by atomic mass is 10.0. The van der Waals surface area contributed by atoms with Crippen LogP contribution in [0.5, 0.6) is 0 Å². The van der Waals surface area contributed by atoms with E-state index in [0.29, 0.717) is 49.3 Å². The van der Waals surface area contributed by atoms with E-state index in [2.05, 4.69) is 28.8 Å². The molecule has 1 saturated heterocycles. The summed E-state index contributed by atoms with van der Waals surface area (Å²) in [6.07, 6.45) is 5.81. The van der Waals surface area contributed by atoms with Gasteiger partial charge in [-0.15, -0.1) is 11.3 Å². The summed E-state index contributed by atoms with van der Waals surface area (Å²) >= 11 is 1.55. The van der Waals surface area contributed by atoms with Gasteiger partial charge in [0.15, 0.2) is 5.82 Å². The van der Waals surface area contributed by atoms with E-state index in [-0.39, 0.29) is 11.9 Å². The first-order valence-electron chi connectivity index (χ1n) is 11.6. The van der Waals surface area contributed by atoms with Crippen LogP contribution in [0.3, 0.4) is 0 Å². The molecule has 0 spiro atoms. The van der Waals surface area contributed by atoms with Crippen molar-refractivity contribution in [1.29, 1.82) is 0 Å². The number of likely N-dealkylation sites (tertiary alicyclic amines) is 1. The maximum atomic E-state index is 13.5. The number of carbonyl (C=O) groups excluding carboxylic acids is 1. The van der Waals surface area contributed by atoms with Crippen LogP contribution in [-0.4, -0.2) is 85.8 Å². The lowest BCUT2D eigenvalue weighted by Crippen LogP contribution is -2.47. The average Bonchev–Trinajstić information content (AvgIpc) is 3.48. The van der Waals surface area contributed by atoms with Crippen molar-refractivity contribution in [3.63, 3.8) is 0 Å². The molecule has 2 amide bonds. The largest absolute Gasteiger partial charge is 0.465 e. The first-order valence-corrected chi connectivity index (χ1v) is 12.5. The maximum Gasteiger partial charge on any atom is 0.407 e. The quantitative estimate of drug-likeness (QED) is 0.544. The molecule has 0 aliphatic carbocycles. The maximum absolute atomic E-state index is 13.5. The van der Waals surface area contributed by atoms with Gasteiger partial charge in [0, 0.05) is 56.9 Å². The predicted octanol–water partition coefficient (Wildman–Crippen LogP) is 3.69. The number of nitrogens with zero attached hydrogens (tertiary/aromatic N) is 7. The third-order valence-electron chi connectivity index (χ3n) is 6.76. The van der Waals surface area contributed by atoms with E-state index in [1.54, 1.807) is 40.1 Å². The molecule has 0 saturated carbocycles. The SMILES string of the molecule is CCC(CC)N(C)c1cc(C(=O)N2CCC(N(C)C(=O)O)CC2)nc(-c2cnn3ccsc23)n1. The molecule has 0 atom stereocenters. The highest BCUT2D eigenvalue weighted by atomic mass is 32.1. The molecule has 1 aliphatic rings. The van der Waals surface area contributed by atoms with Gasteiger partial charge < -0.3 is 19.8 Å². The standard InChI is InChI=1S/C23H31N7O3S/c1-5-15(6-2)27(3)19-13-18(21(31)29-9-7-16(8-10-29)28(4)23(32)33)25-20(26-19)17-14-24-30-11-12-34-22(17)30/h11-16H,5-10H2,1-4H3,(H,32,33). The Kier molecular flexibility index (Phi) is 7.01. The van der Waals surface area contributed by atoms with Gasteiger partial charge in [0.1, 0.15) is 16.3 Å². The number of thiazole rings is 1. The average molecular weight is 486 g/mol. The summed E-state index contributed by atoms with van der Waals surface area (Å²) in [7, 11) is 3.59. The first-order chi connectivity index (χ1) is 16.3. The van der Waals surface area contributed by atoms with Crippen molar-refractivity contribution in [1.82, 2.24) is 29.4 Å². The van der Waals surface area contributed by atoms with Crippen LogP contribution < -0.4 is 4.90 Å². The van der Waals surface area contributed by atoms with Crippen LogP contribution in [0.15, 0.2) is 23.8 Å². The molecule has 4 heterocycles. The van der Waals surface area contributed by atoms with E-state index in [9.17, 15) is 14.7 Å². The number of carbonyl (C=O) groups is 2. The molecule has 0 bridgehead atoms. The van der Waals surface area contributed by atoms with Gasteiger partial charge in [-0.25, -0.2) is 19.3 Å². The Morgan fingerprint density at radius 2 is 1.91 bits per heavy atom. The molecule has 182 valence electrons. The van der Waals surface area contributed by atoms with Crippen LogP contribution in [0.2, 0.25) is 0 Å². The van der Waals surface area contributed by atoms with Gasteiger partial charge in [-0.1, -0.05) is 13.8 Å². The van der Waals surface area contributed by atoms with Crippen molar-refractivity contribution >= 4 is 34.0 Å². The zero-order chi connectivity index (χ0) is 24.4. The summed E-state index contributed by atoms with van der Waals surface area (Å²) in [5.74, 6) is 1.03. The summed E-state index contributed by atoms with van der Waals surface area (Å²) in [6, 6.07) is 1.98. The fraction of sp³-hybridized carbons (Fsp3) is 0.522. The molecule has 4 rings (SSSR count). The summed E-state index contributed by atoms with van der Waals surface area (Å²) in [5.41, 5.74) is 1.14. The lowest BCUT2D eigenvalue weighted by molar-refractivity contribution is 0.0638. The second kappa shape index (κ2) is 9.96. The first kappa shape index (κ1) is 23.9. The molecule has 3 aromatic rings. The van der Waals surface area contributed by atoms with Gasteiger partial charge in [-0.3, -0.25) is 4.79 Å². The second-order valence-electron chi connectivity index (χ2n) is 8.64. The highest BCUT2D eigenvalue weighted by Crippen LogP contribution is 2.28. The number of rotatable bonds is 7. The summed E-state index contributed by atoms with van der Waals surface area (Å²) in [6.45, 7) is 5.26. The van der Waals surface area contributed by atoms with E-state index in [1.165, 1.54) is 4.90 Å². The van der Waals surface area contributed by atoms with Crippen LogP contribution in [0, 0.1) is 0 Å². The number of anilines is 1. The number of hydrogen-bond acceptors (Lipinski definition) is 7. The Morgan fingerprint density at radius 1 is 1.21 bits per heavy atom. The highest BCUT2D eigenvalue weighted by molar-refractivity contribution is 7.16. The molecule has 1 aliphatic heterocycles. The van der Waals surface area contributed by atoms with Crippen LogP contribution in [0.1, 0.15) is 50.0 Å². The molecule has 0 aromatic carbocycles. The zero-order valence-corrected chi connectivity index (χ0v) is 20.8. The van der Waals surface area contributed by atoms with Gasteiger partial charge in [0.2, 0.25) is 0 Å². The fourth-order valence-electron chi connectivity index (χ4n) is 4.52. The molecule has 1 N–H and O–H groups in total. The van der Waals surface area contributed by atoms with Crippen LogP contribution in [-0.2, 0) is 0 Å². The normalized spacial score (nSPS) is 14.7. The Hall–Kier alpha value is -3.21. The van der Waals surface area contributed by atoms with E-state index < -0.39 is 6.09 Å². The van der Waals surface area contributed by atoms with Crippen molar-refractivity contribution in [3.05, 3.63) is 29.5 Å². The lowest BCUT2D eigenvalue weighted by Gasteiger charge is -2.35. The third-order valence-corrected chi connectivity index (χ3v) is 7.64. The van der Waals surface area contributed by atoms with Gasteiger partial charge in [-0.2, -0.15) is 5.10 Å².